The highest BCUT2D eigenvalue weighted by molar-refractivity contribution is 4.66. The molecule has 0 aliphatic heterocycles. The third-order valence-corrected chi connectivity index (χ3v) is 2.90. The van der Waals surface area contributed by atoms with E-state index in [4.69, 9.17) is 5.11 Å². The van der Waals surface area contributed by atoms with Gasteiger partial charge in [0.1, 0.15) is 0 Å². The van der Waals surface area contributed by atoms with Gasteiger partial charge in [0.05, 0.1) is 0 Å². The number of hydrogen-bond donors (Lipinski definition) is 1. The largest absolute Gasteiger partial charge is 0.396 e. The predicted octanol–water partition coefficient (Wildman–Crippen LogP) is 4.00. The topological polar surface area (TPSA) is 20.2 Å². The first-order valence-corrected chi connectivity index (χ1v) is 6.10. The Labute approximate surface area is 89.9 Å². The van der Waals surface area contributed by atoms with Crippen molar-refractivity contribution in [2.45, 2.75) is 66.2 Å². The number of unbranched alkanes of at least 4 members (excludes halogenated alkanes) is 1. The van der Waals surface area contributed by atoms with Crippen LogP contribution in [0, 0.1) is 11.3 Å². The Morgan fingerprint density at radius 2 is 1.71 bits per heavy atom. The maximum absolute atomic E-state index is 8.71. The van der Waals surface area contributed by atoms with E-state index in [1.165, 1.54) is 32.1 Å². The molecule has 0 aromatic heterocycles. The van der Waals surface area contributed by atoms with E-state index in [1.54, 1.807) is 0 Å². The van der Waals surface area contributed by atoms with Gasteiger partial charge in [0, 0.05) is 6.61 Å². The average Bonchev–Trinajstić information content (AvgIpc) is 2.09. The van der Waals surface area contributed by atoms with E-state index in [-0.39, 0.29) is 0 Å². The average molecular weight is 200 g/mol. The van der Waals surface area contributed by atoms with Gasteiger partial charge in [0.25, 0.3) is 0 Å². The zero-order chi connectivity index (χ0) is 11.0. The van der Waals surface area contributed by atoms with Gasteiger partial charge in [-0.05, 0) is 30.6 Å². The van der Waals surface area contributed by atoms with Crippen LogP contribution in [0.1, 0.15) is 66.2 Å². The van der Waals surface area contributed by atoms with Crippen LogP contribution in [0.4, 0.5) is 0 Å². The van der Waals surface area contributed by atoms with Crippen molar-refractivity contribution in [1.82, 2.24) is 0 Å². The summed E-state index contributed by atoms with van der Waals surface area (Å²) >= 11 is 0. The molecular weight excluding hydrogens is 172 g/mol. The lowest BCUT2D eigenvalue weighted by atomic mass is 9.84. The molecule has 0 amide bonds. The van der Waals surface area contributed by atoms with Crippen LogP contribution >= 0.6 is 0 Å². The zero-order valence-corrected chi connectivity index (χ0v) is 10.5. The van der Waals surface area contributed by atoms with E-state index >= 15 is 0 Å². The van der Waals surface area contributed by atoms with Crippen molar-refractivity contribution < 1.29 is 5.11 Å². The van der Waals surface area contributed by atoms with Crippen molar-refractivity contribution in [3.8, 4) is 0 Å². The van der Waals surface area contributed by atoms with Crippen LogP contribution < -0.4 is 0 Å². The first-order chi connectivity index (χ1) is 6.49. The molecule has 0 unspecified atom stereocenters. The Morgan fingerprint density at radius 3 is 2.14 bits per heavy atom. The van der Waals surface area contributed by atoms with E-state index in [9.17, 15) is 0 Å². The molecule has 1 nitrogen and oxygen atoms in total. The Balaban J connectivity index is 3.58. The second-order valence-corrected chi connectivity index (χ2v) is 5.59. The summed E-state index contributed by atoms with van der Waals surface area (Å²) in [5.41, 5.74) is 0.477. The normalized spacial score (nSPS) is 14.4. The quantitative estimate of drug-likeness (QED) is 0.616. The van der Waals surface area contributed by atoms with Gasteiger partial charge in [-0.15, -0.1) is 0 Å². The molecule has 0 bridgehead atoms. The predicted molar refractivity (Wildman–Crippen MR) is 63.4 cm³/mol. The summed E-state index contributed by atoms with van der Waals surface area (Å²) < 4.78 is 0. The van der Waals surface area contributed by atoms with Gasteiger partial charge in [-0.1, -0.05) is 47.0 Å². The smallest absolute Gasteiger partial charge is 0.0431 e. The first kappa shape index (κ1) is 14.0. The summed E-state index contributed by atoms with van der Waals surface area (Å²) in [6.07, 6.45) is 7.44. The summed E-state index contributed by atoms with van der Waals surface area (Å²) in [5, 5.41) is 8.71. The second-order valence-electron chi connectivity index (χ2n) is 5.59. The Bertz CT molecular complexity index is 124. The Morgan fingerprint density at radius 1 is 1.07 bits per heavy atom. The zero-order valence-electron chi connectivity index (χ0n) is 10.5. The molecule has 1 heteroatoms. The number of rotatable bonds is 7. The van der Waals surface area contributed by atoms with Crippen LogP contribution in [0.2, 0.25) is 0 Å². The number of aliphatic hydroxyl groups excluding tert-OH is 1. The monoisotopic (exact) mass is 200 g/mol. The van der Waals surface area contributed by atoms with Crippen molar-refractivity contribution >= 4 is 0 Å². The van der Waals surface area contributed by atoms with Crippen molar-refractivity contribution in [2.24, 2.45) is 11.3 Å². The molecule has 14 heavy (non-hydrogen) atoms. The molecule has 0 spiro atoms. The molecule has 0 radical (unpaired) electrons. The van der Waals surface area contributed by atoms with Gasteiger partial charge >= 0.3 is 0 Å². The lowest BCUT2D eigenvalue weighted by molar-refractivity contribution is 0.266. The summed E-state index contributed by atoms with van der Waals surface area (Å²) in [6, 6.07) is 0. The Kier molecular flexibility index (Phi) is 7.26. The minimum Gasteiger partial charge on any atom is -0.396 e. The Hall–Kier alpha value is -0.0400. The first-order valence-electron chi connectivity index (χ1n) is 6.10. The fourth-order valence-electron chi connectivity index (χ4n) is 1.73. The molecule has 0 saturated heterocycles. The van der Waals surface area contributed by atoms with Crippen molar-refractivity contribution in [3.05, 3.63) is 0 Å². The van der Waals surface area contributed by atoms with Gasteiger partial charge in [0.2, 0.25) is 0 Å². The molecule has 0 rings (SSSR count). The highest BCUT2D eigenvalue weighted by Gasteiger charge is 2.13. The summed E-state index contributed by atoms with van der Waals surface area (Å²) in [7, 11) is 0. The van der Waals surface area contributed by atoms with Gasteiger partial charge in [-0.25, -0.2) is 0 Å². The van der Waals surface area contributed by atoms with Crippen LogP contribution in [0.15, 0.2) is 0 Å². The molecule has 0 aliphatic rings. The molecule has 0 saturated carbocycles. The molecule has 1 atom stereocenters. The molecule has 0 aromatic carbocycles. The fraction of sp³-hybridized carbons (Fsp3) is 1.00. The van der Waals surface area contributed by atoms with E-state index in [0.29, 0.717) is 12.0 Å². The number of aliphatic hydroxyl groups is 1. The molecule has 0 aliphatic carbocycles. The summed E-state index contributed by atoms with van der Waals surface area (Å²) in [4.78, 5) is 0. The van der Waals surface area contributed by atoms with Crippen LogP contribution in [-0.4, -0.2) is 11.7 Å². The van der Waals surface area contributed by atoms with Gasteiger partial charge < -0.3 is 5.11 Å². The minimum atomic E-state index is 0.357. The van der Waals surface area contributed by atoms with Gasteiger partial charge in [0.15, 0.2) is 0 Å². The third-order valence-electron chi connectivity index (χ3n) is 2.90. The fourth-order valence-corrected chi connectivity index (χ4v) is 1.73. The summed E-state index contributed by atoms with van der Waals surface area (Å²) in [5.74, 6) is 0.876. The van der Waals surface area contributed by atoms with Crippen molar-refractivity contribution in [2.75, 3.05) is 6.61 Å². The maximum Gasteiger partial charge on any atom is 0.0431 e. The molecule has 0 heterocycles. The van der Waals surface area contributed by atoms with E-state index in [0.717, 1.165) is 12.3 Å². The lowest BCUT2D eigenvalue weighted by Gasteiger charge is -2.22. The second kappa shape index (κ2) is 7.28. The SMILES string of the molecule is CC[C@H](CCCCO)CCC(C)(C)C. The van der Waals surface area contributed by atoms with Crippen LogP contribution in [0.5, 0.6) is 0 Å². The number of hydrogen-bond acceptors (Lipinski definition) is 1. The molecule has 1 N–H and O–H groups in total. The van der Waals surface area contributed by atoms with Gasteiger partial charge in [-0.3, -0.25) is 0 Å². The van der Waals surface area contributed by atoms with Crippen LogP contribution in [-0.2, 0) is 0 Å². The summed E-state index contributed by atoms with van der Waals surface area (Å²) in [6.45, 7) is 9.58. The van der Waals surface area contributed by atoms with E-state index in [1.807, 2.05) is 0 Å². The van der Waals surface area contributed by atoms with Gasteiger partial charge in [-0.2, -0.15) is 0 Å². The van der Waals surface area contributed by atoms with Crippen LogP contribution in [0.3, 0.4) is 0 Å². The lowest BCUT2D eigenvalue weighted by Crippen LogP contribution is -2.09. The molecule has 86 valence electrons. The van der Waals surface area contributed by atoms with Crippen LogP contribution in [0.25, 0.3) is 0 Å². The molecular formula is C13H28O. The van der Waals surface area contributed by atoms with Crippen molar-refractivity contribution in [3.63, 3.8) is 0 Å². The minimum absolute atomic E-state index is 0.357. The van der Waals surface area contributed by atoms with E-state index in [2.05, 4.69) is 27.7 Å². The highest BCUT2D eigenvalue weighted by Crippen LogP contribution is 2.27. The highest BCUT2D eigenvalue weighted by atomic mass is 16.2. The standard InChI is InChI=1S/C13H28O/c1-5-12(8-6-7-11-14)9-10-13(2,3)4/h12,14H,5-11H2,1-4H3/t12-/m1/s1. The molecule has 0 aromatic rings. The van der Waals surface area contributed by atoms with Crippen molar-refractivity contribution in [1.29, 1.82) is 0 Å². The third kappa shape index (κ3) is 8.55. The maximum atomic E-state index is 8.71. The molecule has 0 fully saturated rings. The van der Waals surface area contributed by atoms with E-state index < -0.39 is 0 Å².